The van der Waals surface area contributed by atoms with Crippen LogP contribution in [0.1, 0.15) is 55.9 Å². The Morgan fingerprint density at radius 2 is 2.04 bits per heavy atom. The number of rotatable bonds is 3. The van der Waals surface area contributed by atoms with Gasteiger partial charge in [0.05, 0.1) is 11.7 Å². The molecule has 28 heavy (non-hydrogen) atoms. The van der Waals surface area contributed by atoms with E-state index in [1.165, 1.54) is 22.2 Å². The fourth-order valence-electron chi connectivity index (χ4n) is 4.27. The second kappa shape index (κ2) is 8.03. The van der Waals surface area contributed by atoms with Crippen molar-refractivity contribution in [2.24, 2.45) is 5.92 Å². The van der Waals surface area contributed by atoms with Gasteiger partial charge >= 0.3 is 6.03 Å². The first kappa shape index (κ1) is 19.1. The number of fused-ring (bicyclic) bond motifs is 3. The third-order valence-corrected chi connectivity index (χ3v) is 6.95. The third-order valence-electron chi connectivity index (χ3n) is 5.79. The zero-order valence-electron chi connectivity index (χ0n) is 16.1. The average molecular weight is 403 g/mol. The molecule has 0 radical (unpaired) electrons. The highest BCUT2D eigenvalue weighted by Gasteiger charge is 2.24. The molecule has 0 aromatic carbocycles. The third kappa shape index (κ3) is 3.97. The zero-order chi connectivity index (χ0) is 19.7. The van der Waals surface area contributed by atoms with Gasteiger partial charge in [-0.05, 0) is 43.6 Å². The van der Waals surface area contributed by atoms with Gasteiger partial charge in [0.15, 0.2) is 0 Å². The monoisotopic (exact) mass is 402 g/mol. The van der Waals surface area contributed by atoms with Gasteiger partial charge in [-0.1, -0.05) is 26.2 Å². The van der Waals surface area contributed by atoms with Crippen LogP contribution in [0.25, 0.3) is 10.2 Å². The molecule has 2 aliphatic rings. The van der Waals surface area contributed by atoms with Gasteiger partial charge in [0.1, 0.15) is 11.4 Å². The first-order valence-electron chi connectivity index (χ1n) is 10.1. The predicted molar refractivity (Wildman–Crippen MR) is 109 cm³/mol. The van der Waals surface area contributed by atoms with Gasteiger partial charge in [-0.25, -0.2) is 9.78 Å². The van der Waals surface area contributed by atoms with E-state index in [4.69, 9.17) is 0 Å². The van der Waals surface area contributed by atoms with Gasteiger partial charge < -0.3 is 5.32 Å². The largest absolute Gasteiger partial charge is 0.335 e. The number of thiophene rings is 1. The summed E-state index contributed by atoms with van der Waals surface area (Å²) < 4.78 is 1.30. The first-order valence-corrected chi connectivity index (χ1v) is 10.9. The van der Waals surface area contributed by atoms with E-state index in [0.29, 0.717) is 11.3 Å². The van der Waals surface area contributed by atoms with Crippen molar-refractivity contribution in [1.29, 1.82) is 0 Å². The minimum Gasteiger partial charge on any atom is -0.335 e. The number of aryl methyl sites for hydroxylation is 1. The van der Waals surface area contributed by atoms with Crippen molar-refractivity contribution in [3.63, 3.8) is 0 Å². The molecule has 8 heteroatoms. The Morgan fingerprint density at radius 1 is 1.25 bits per heavy atom. The number of nitrogens with one attached hydrogen (secondary N) is 2. The standard InChI is InChI=1S/C20H26N4O3S/c1-12-7-8-14-15(9-12)28-18-17(14)19(26)24(11-21-18)10-16(25)23-20(27)22-13-5-3-2-4-6-13/h11-13H,2-10H2,1H3,(H2,22,23,25,27)/t12-/m0/s1. The summed E-state index contributed by atoms with van der Waals surface area (Å²) in [7, 11) is 0. The molecule has 0 spiro atoms. The number of hydrogen-bond acceptors (Lipinski definition) is 5. The molecule has 2 aromatic heterocycles. The van der Waals surface area contributed by atoms with E-state index in [2.05, 4.69) is 22.5 Å². The molecule has 0 bridgehead atoms. The Balaban J connectivity index is 1.45. The lowest BCUT2D eigenvalue weighted by atomic mass is 9.89. The van der Waals surface area contributed by atoms with Crippen LogP contribution in [-0.2, 0) is 24.2 Å². The fourth-order valence-corrected chi connectivity index (χ4v) is 5.61. The normalized spacial score (nSPS) is 20.0. The van der Waals surface area contributed by atoms with Gasteiger partial charge in [0.2, 0.25) is 5.91 Å². The van der Waals surface area contributed by atoms with Crippen molar-refractivity contribution in [2.75, 3.05) is 0 Å². The fraction of sp³-hybridized carbons (Fsp3) is 0.600. The predicted octanol–water partition coefficient (Wildman–Crippen LogP) is 2.74. The maximum atomic E-state index is 12.9. The van der Waals surface area contributed by atoms with E-state index in [1.54, 1.807) is 11.3 Å². The summed E-state index contributed by atoms with van der Waals surface area (Å²) >= 11 is 1.59. The molecule has 2 aliphatic carbocycles. The van der Waals surface area contributed by atoms with Crippen LogP contribution in [0.3, 0.4) is 0 Å². The van der Waals surface area contributed by atoms with Crippen molar-refractivity contribution in [2.45, 2.75) is 70.9 Å². The SMILES string of the molecule is C[C@H]1CCc2c(sc3ncn(CC(=O)NC(=O)NC4CCCCC4)c(=O)c23)C1. The van der Waals surface area contributed by atoms with Gasteiger partial charge in [-0.3, -0.25) is 19.5 Å². The van der Waals surface area contributed by atoms with Gasteiger partial charge in [-0.2, -0.15) is 0 Å². The number of aromatic nitrogens is 2. The van der Waals surface area contributed by atoms with E-state index in [1.807, 2.05) is 0 Å². The van der Waals surface area contributed by atoms with Gasteiger partial charge in [0, 0.05) is 10.9 Å². The summed E-state index contributed by atoms with van der Waals surface area (Å²) in [5, 5.41) is 5.83. The summed E-state index contributed by atoms with van der Waals surface area (Å²) in [5.74, 6) is 0.116. The van der Waals surface area contributed by atoms with Crippen LogP contribution in [0.4, 0.5) is 4.79 Å². The molecule has 150 valence electrons. The highest BCUT2D eigenvalue weighted by molar-refractivity contribution is 7.18. The Labute approximate surface area is 167 Å². The molecule has 1 saturated carbocycles. The maximum Gasteiger partial charge on any atom is 0.321 e. The Hall–Kier alpha value is -2.22. The zero-order valence-corrected chi connectivity index (χ0v) is 16.9. The van der Waals surface area contributed by atoms with E-state index in [9.17, 15) is 14.4 Å². The minimum atomic E-state index is -0.505. The van der Waals surface area contributed by atoms with Crippen LogP contribution >= 0.6 is 11.3 Å². The minimum absolute atomic E-state index is 0.127. The molecule has 0 aliphatic heterocycles. The molecule has 1 fully saturated rings. The lowest BCUT2D eigenvalue weighted by molar-refractivity contribution is -0.120. The second-order valence-corrected chi connectivity index (χ2v) is 9.15. The molecule has 2 heterocycles. The summed E-state index contributed by atoms with van der Waals surface area (Å²) in [6.07, 6.45) is 9.64. The molecule has 2 N–H and O–H groups in total. The van der Waals surface area contributed by atoms with Crippen molar-refractivity contribution in [1.82, 2.24) is 20.2 Å². The molecule has 0 unspecified atom stereocenters. The molecular weight excluding hydrogens is 376 g/mol. The Kier molecular flexibility index (Phi) is 5.48. The van der Waals surface area contributed by atoms with Crippen molar-refractivity contribution >= 4 is 33.5 Å². The number of carbonyl (C=O) groups is 2. The summed E-state index contributed by atoms with van der Waals surface area (Å²) in [6.45, 7) is 2.02. The maximum absolute atomic E-state index is 12.9. The van der Waals surface area contributed by atoms with Crippen LogP contribution in [0, 0.1) is 5.92 Å². The molecular formula is C20H26N4O3S. The number of imide groups is 1. The number of nitrogens with zero attached hydrogens (tertiary/aromatic N) is 2. The van der Waals surface area contributed by atoms with Crippen molar-refractivity contribution in [3.8, 4) is 0 Å². The summed E-state index contributed by atoms with van der Waals surface area (Å²) in [4.78, 5) is 43.6. The van der Waals surface area contributed by atoms with Crippen LogP contribution in [0.2, 0.25) is 0 Å². The lowest BCUT2D eigenvalue weighted by Gasteiger charge is -2.22. The second-order valence-electron chi connectivity index (χ2n) is 8.07. The van der Waals surface area contributed by atoms with E-state index < -0.39 is 11.9 Å². The van der Waals surface area contributed by atoms with Crippen LogP contribution in [-0.4, -0.2) is 27.5 Å². The highest BCUT2D eigenvalue weighted by atomic mass is 32.1. The first-order chi connectivity index (χ1) is 13.5. The van der Waals surface area contributed by atoms with Crippen LogP contribution in [0.5, 0.6) is 0 Å². The number of amides is 3. The topological polar surface area (TPSA) is 93.1 Å². The van der Waals surface area contributed by atoms with Crippen molar-refractivity contribution in [3.05, 3.63) is 27.1 Å². The summed E-state index contributed by atoms with van der Waals surface area (Å²) in [5.41, 5.74) is 0.903. The molecule has 1 atom stereocenters. The number of urea groups is 1. The van der Waals surface area contributed by atoms with Gasteiger partial charge in [0.25, 0.3) is 5.56 Å². The van der Waals surface area contributed by atoms with Gasteiger partial charge in [-0.15, -0.1) is 11.3 Å². The smallest absolute Gasteiger partial charge is 0.321 e. The van der Waals surface area contributed by atoms with E-state index >= 15 is 0 Å². The van der Waals surface area contributed by atoms with E-state index in [-0.39, 0.29) is 18.1 Å². The summed E-state index contributed by atoms with van der Waals surface area (Å²) in [6, 6.07) is -0.358. The Bertz CT molecular complexity index is 958. The highest BCUT2D eigenvalue weighted by Crippen LogP contribution is 2.35. The molecule has 0 saturated heterocycles. The van der Waals surface area contributed by atoms with Crippen LogP contribution < -0.4 is 16.2 Å². The van der Waals surface area contributed by atoms with Crippen molar-refractivity contribution < 1.29 is 9.59 Å². The Morgan fingerprint density at radius 3 is 2.82 bits per heavy atom. The quantitative estimate of drug-likeness (QED) is 0.826. The molecule has 3 amide bonds. The number of hydrogen-bond donors (Lipinski definition) is 2. The van der Waals surface area contributed by atoms with Crippen LogP contribution in [0.15, 0.2) is 11.1 Å². The molecule has 4 rings (SSSR count). The molecule has 2 aromatic rings. The average Bonchev–Trinajstić information content (AvgIpc) is 3.02. The molecule has 7 nitrogen and oxygen atoms in total. The van der Waals surface area contributed by atoms with E-state index in [0.717, 1.165) is 55.3 Å². The lowest BCUT2D eigenvalue weighted by Crippen LogP contribution is -2.46. The number of carbonyl (C=O) groups excluding carboxylic acids is 2.